The molecule has 2 aromatic rings. The second-order valence-electron chi connectivity index (χ2n) is 5.78. The van der Waals surface area contributed by atoms with Crippen LogP contribution in [-0.2, 0) is 17.7 Å². The summed E-state index contributed by atoms with van der Waals surface area (Å²) in [4.78, 5) is 18.9. The quantitative estimate of drug-likeness (QED) is 0.819. The Balaban J connectivity index is 1.80. The van der Waals surface area contributed by atoms with Crippen molar-refractivity contribution in [3.05, 3.63) is 41.5 Å². The second kappa shape index (κ2) is 7.00. The minimum atomic E-state index is -0.165. The molecular formula is C17H22N2O4. The molecule has 0 N–H and O–H groups in total. The minimum absolute atomic E-state index is 0.0720. The van der Waals surface area contributed by atoms with Crippen molar-refractivity contribution in [3.8, 4) is 0 Å². The van der Waals surface area contributed by atoms with E-state index < -0.39 is 0 Å². The molecule has 0 spiro atoms. The molecule has 6 heteroatoms. The van der Waals surface area contributed by atoms with Crippen LogP contribution in [0.2, 0.25) is 0 Å². The third kappa shape index (κ3) is 3.64. The maximum atomic E-state index is 12.9. The van der Waals surface area contributed by atoms with E-state index in [2.05, 4.69) is 4.98 Å². The molecule has 1 amide bonds. The van der Waals surface area contributed by atoms with Gasteiger partial charge in [-0.1, -0.05) is 6.92 Å². The van der Waals surface area contributed by atoms with Gasteiger partial charge in [-0.3, -0.25) is 4.79 Å². The SMILES string of the molecule is CCc1nc(C)c(C(=O)N(Cc2ccco2)CC2CCCO2)o1. The number of carbonyl (C=O) groups excluding carboxylic acids is 1. The Kier molecular flexibility index (Phi) is 4.81. The fourth-order valence-electron chi connectivity index (χ4n) is 2.79. The van der Waals surface area contributed by atoms with E-state index in [9.17, 15) is 4.79 Å². The minimum Gasteiger partial charge on any atom is -0.467 e. The molecule has 0 saturated carbocycles. The van der Waals surface area contributed by atoms with Gasteiger partial charge in [-0.2, -0.15) is 0 Å². The van der Waals surface area contributed by atoms with Gasteiger partial charge < -0.3 is 18.5 Å². The third-order valence-corrected chi connectivity index (χ3v) is 4.00. The van der Waals surface area contributed by atoms with Crippen LogP contribution in [0.4, 0.5) is 0 Å². The van der Waals surface area contributed by atoms with Crippen LogP contribution in [0.3, 0.4) is 0 Å². The van der Waals surface area contributed by atoms with E-state index in [4.69, 9.17) is 13.6 Å². The Morgan fingerprint density at radius 1 is 1.48 bits per heavy atom. The number of nitrogens with zero attached hydrogens (tertiary/aromatic N) is 2. The number of furan rings is 1. The molecule has 6 nitrogen and oxygen atoms in total. The number of hydrogen-bond acceptors (Lipinski definition) is 5. The lowest BCUT2D eigenvalue weighted by Crippen LogP contribution is -2.37. The molecule has 1 saturated heterocycles. The van der Waals surface area contributed by atoms with Crippen LogP contribution in [0.15, 0.2) is 27.2 Å². The van der Waals surface area contributed by atoms with Gasteiger partial charge in [0.15, 0.2) is 5.89 Å². The number of oxazole rings is 1. The second-order valence-corrected chi connectivity index (χ2v) is 5.78. The summed E-state index contributed by atoms with van der Waals surface area (Å²) >= 11 is 0. The summed E-state index contributed by atoms with van der Waals surface area (Å²) in [6.07, 6.45) is 4.35. The van der Waals surface area contributed by atoms with E-state index in [1.807, 2.05) is 19.1 Å². The third-order valence-electron chi connectivity index (χ3n) is 4.00. The molecule has 2 aromatic heterocycles. The Hall–Kier alpha value is -2.08. The predicted molar refractivity (Wildman–Crippen MR) is 83.0 cm³/mol. The van der Waals surface area contributed by atoms with Crippen LogP contribution < -0.4 is 0 Å². The lowest BCUT2D eigenvalue weighted by molar-refractivity contribution is 0.0466. The first kappa shape index (κ1) is 15.8. The lowest BCUT2D eigenvalue weighted by atomic mass is 10.2. The first-order valence-electron chi connectivity index (χ1n) is 8.07. The Bertz CT molecular complexity index is 642. The summed E-state index contributed by atoms with van der Waals surface area (Å²) in [6, 6.07) is 3.68. The van der Waals surface area contributed by atoms with E-state index >= 15 is 0 Å². The largest absolute Gasteiger partial charge is 0.467 e. The van der Waals surface area contributed by atoms with Crippen molar-refractivity contribution in [2.45, 2.75) is 45.8 Å². The molecule has 1 aliphatic rings. The predicted octanol–water partition coefficient (Wildman–Crippen LogP) is 2.96. The van der Waals surface area contributed by atoms with Crippen LogP contribution in [0.25, 0.3) is 0 Å². The fourth-order valence-corrected chi connectivity index (χ4v) is 2.79. The summed E-state index contributed by atoms with van der Waals surface area (Å²) in [5.74, 6) is 1.47. The molecule has 23 heavy (non-hydrogen) atoms. The van der Waals surface area contributed by atoms with E-state index in [1.165, 1.54) is 0 Å². The highest BCUT2D eigenvalue weighted by molar-refractivity contribution is 5.92. The molecule has 1 fully saturated rings. The molecule has 0 radical (unpaired) electrons. The number of carbonyl (C=O) groups is 1. The summed E-state index contributed by atoms with van der Waals surface area (Å²) < 4.78 is 16.7. The Morgan fingerprint density at radius 2 is 2.35 bits per heavy atom. The average Bonchev–Trinajstić information content (AvgIpc) is 3.27. The molecule has 0 bridgehead atoms. The van der Waals surface area contributed by atoms with Crippen molar-refractivity contribution < 1.29 is 18.4 Å². The van der Waals surface area contributed by atoms with Crippen molar-refractivity contribution in [2.75, 3.05) is 13.2 Å². The maximum Gasteiger partial charge on any atom is 0.292 e. The molecule has 0 aliphatic carbocycles. The highest BCUT2D eigenvalue weighted by Crippen LogP contribution is 2.19. The number of ether oxygens (including phenoxy) is 1. The van der Waals surface area contributed by atoms with Gasteiger partial charge in [-0.05, 0) is 31.9 Å². The summed E-state index contributed by atoms with van der Waals surface area (Å²) in [5, 5.41) is 0. The van der Waals surface area contributed by atoms with Crippen LogP contribution >= 0.6 is 0 Å². The van der Waals surface area contributed by atoms with Crippen molar-refractivity contribution >= 4 is 5.91 Å². The molecule has 1 unspecified atom stereocenters. The van der Waals surface area contributed by atoms with Crippen molar-refractivity contribution in [1.29, 1.82) is 0 Å². The maximum absolute atomic E-state index is 12.9. The van der Waals surface area contributed by atoms with Gasteiger partial charge in [0, 0.05) is 19.6 Å². The standard InChI is InChI=1S/C17H22N2O4/c1-3-15-18-12(2)16(23-15)17(20)19(10-13-6-4-8-21-13)11-14-7-5-9-22-14/h4,6,8,14H,3,5,7,9-11H2,1-2H3. The van der Waals surface area contributed by atoms with E-state index in [1.54, 1.807) is 18.1 Å². The van der Waals surface area contributed by atoms with Gasteiger partial charge in [0.05, 0.1) is 24.6 Å². The van der Waals surface area contributed by atoms with E-state index in [-0.39, 0.29) is 12.0 Å². The zero-order valence-electron chi connectivity index (χ0n) is 13.6. The summed E-state index contributed by atoms with van der Waals surface area (Å²) in [6.45, 7) is 5.43. The number of amides is 1. The number of aryl methyl sites for hydroxylation is 2. The zero-order valence-corrected chi connectivity index (χ0v) is 13.6. The first-order valence-corrected chi connectivity index (χ1v) is 8.07. The number of hydrogen-bond donors (Lipinski definition) is 0. The van der Waals surface area contributed by atoms with Gasteiger partial charge in [0.2, 0.25) is 5.76 Å². The van der Waals surface area contributed by atoms with Crippen molar-refractivity contribution in [3.63, 3.8) is 0 Å². The first-order chi connectivity index (χ1) is 11.2. The summed E-state index contributed by atoms with van der Waals surface area (Å²) in [5.41, 5.74) is 0.628. The van der Waals surface area contributed by atoms with Crippen LogP contribution in [-0.4, -0.2) is 35.0 Å². The highest BCUT2D eigenvalue weighted by atomic mass is 16.5. The summed E-state index contributed by atoms with van der Waals surface area (Å²) in [7, 11) is 0. The average molecular weight is 318 g/mol. The normalized spacial score (nSPS) is 17.6. The number of aromatic nitrogens is 1. The molecular weight excluding hydrogens is 296 g/mol. The van der Waals surface area contributed by atoms with Gasteiger partial charge >= 0.3 is 0 Å². The molecule has 124 valence electrons. The fraction of sp³-hybridized carbons (Fsp3) is 0.529. The van der Waals surface area contributed by atoms with Crippen LogP contribution in [0.5, 0.6) is 0 Å². The van der Waals surface area contributed by atoms with E-state index in [0.29, 0.717) is 36.9 Å². The van der Waals surface area contributed by atoms with Crippen LogP contribution in [0.1, 0.15) is 47.7 Å². The Morgan fingerprint density at radius 3 is 2.96 bits per heavy atom. The monoisotopic (exact) mass is 318 g/mol. The number of rotatable bonds is 6. The zero-order chi connectivity index (χ0) is 16.2. The molecule has 3 heterocycles. The smallest absolute Gasteiger partial charge is 0.292 e. The molecule has 3 rings (SSSR count). The van der Waals surface area contributed by atoms with Crippen molar-refractivity contribution in [1.82, 2.24) is 9.88 Å². The highest BCUT2D eigenvalue weighted by Gasteiger charge is 2.28. The van der Waals surface area contributed by atoms with Crippen molar-refractivity contribution in [2.24, 2.45) is 0 Å². The molecule has 1 aliphatic heterocycles. The van der Waals surface area contributed by atoms with E-state index in [0.717, 1.165) is 25.2 Å². The van der Waals surface area contributed by atoms with Crippen LogP contribution in [0, 0.1) is 6.92 Å². The van der Waals surface area contributed by atoms with Gasteiger partial charge in [0.25, 0.3) is 5.91 Å². The molecule has 0 aromatic carbocycles. The van der Waals surface area contributed by atoms with Gasteiger partial charge in [-0.15, -0.1) is 0 Å². The van der Waals surface area contributed by atoms with Gasteiger partial charge in [0.1, 0.15) is 5.76 Å². The Labute approximate surface area is 135 Å². The lowest BCUT2D eigenvalue weighted by Gasteiger charge is -2.23. The van der Waals surface area contributed by atoms with Gasteiger partial charge in [-0.25, -0.2) is 4.98 Å². The topological polar surface area (TPSA) is 68.7 Å². The molecule has 1 atom stereocenters.